The number of ether oxygens (including phenoxy) is 1. The Morgan fingerprint density at radius 1 is 1.40 bits per heavy atom. The highest BCUT2D eigenvalue weighted by Crippen LogP contribution is 2.22. The Morgan fingerprint density at radius 2 is 2.40 bits per heavy atom. The lowest BCUT2D eigenvalue weighted by Crippen LogP contribution is -2.35. The van der Waals surface area contributed by atoms with Gasteiger partial charge in [-0.25, -0.2) is 0 Å². The summed E-state index contributed by atoms with van der Waals surface area (Å²) in [4.78, 5) is 7.63. The van der Waals surface area contributed by atoms with Crippen molar-refractivity contribution in [3.05, 3.63) is 30.2 Å². The van der Waals surface area contributed by atoms with Crippen molar-refractivity contribution in [1.29, 1.82) is 0 Å². The van der Waals surface area contributed by atoms with Gasteiger partial charge in [0.15, 0.2) is 0 Å². The number of pyridine rings is 1. The van der Waals surface area contributed by atoms with E-state index in [0.29, 0.717) is 6.61 Å². The van der Waals surface area contributed by atoms with Crippen molar-refractivity contribution in [3.63, 3.8) is 0 Å². The average molecular weight is 203 g/mol. The summed E-state index contributed by atoms with van der Waals surface area (Å²) in [6, 6.07) is 4.27. The van der Waals surface area contributed by atoms with Crippen molar-refractivity contribution >= 4 is 10.9 Å². The Labute approximate surface area is 87.7 Å². The predicted octanol–water partition coefficient (Wildman–Crippen LogP) is 1.22. The molecule has 0 aliphatic carbocycles. The van der Waals surface area contributed by atoms with Gasteiger partial charge in [0.1, 0.15) is 0 Å². The summed E-state index contributed by atoms with van der Waals surface area (Å²) >= 11 is 0. The first kappa shape index (κ1) is 8.88. The minimum absolute atomic E-state index is 0.221. The third kappa shape index (κ3) is 1.52. The number of nitrogens with one attached hydrogen (secondary N) is 2. The molecule has 0 aromatic carbocycles. The summed E-state index contributed by atoms with van der Waals surface area (Å²) in [5, 5.41) is 4.60. The van der Waals surface area contributed by atoms with Gasteiger partial charge in [0.05, 0.1) is 24.9 Å². The van der Waals surface area contributed by atoms with Gasteiger partial charge >= 0.3 is 0 Å². The third-order valence-electron chi connectivity index (χ3n) is 2.76. The molecular weight excluding hydrogens is 190 g/mol. The standard InChI is InChI=1S/C11H13N3O/c1-3-12-9-2-4-14-11(8(1)9)10-7-15-6-5-13-10/h1-4,10,12-13H,5-7H2/t10-/m1/s1. The van der Waals surface area contributed by atoms with Crippen LogP contribution in [-0.2, 0) is 4.74 Å². The molecule has 0 saturated carbocycles. The smallest absolute Gasteiger partial charge is 0.0740 e. The number of nitrogens with zero attached hydrogens (tertiary/aromatic N) is 1. The second-order valence-electron chi connectivity index (χ2n) is 3.72. The van der Waals surface area contributed by atoms with Gasteiger partial charge in [-0.3, -0.25) is 4.98 Å². The van der Waals surface area contributed by atoms with Crippen LogP contribution in [0.1, 0.15) is 11.7 Å². The molecule has 0 unspecified atom stereocenters. The number of aromatic amines is 1. The first-order chi connectivity index (χ1) is 7.45. The lowest BCUT2D eigenvalue weighted by Gasteiger charge is -2.23. The molecule has 78 valence electrons. The second-order valence-corrected chi connectivity index (χ2v) is 3.72. The third-order valence-corrected chi connectivity index (χ3v) is 2.76. The van der Waals surface area contributed by atoms with E-state index < -0.39 is 0 Å². The fourth-order valence-electron chi connectivity index (χ4n) is 2.02. The summed E-state index contributed by atoms with van der Waals surface area (Å²) < 4.78 is 5.45. The van der Waals surface area contributed by atoms with Crippen molar-refractivity contribution in [2.75, 3.05) is 19.8 Å². The summed E-state index contributed by atoms with van der Waals surface area (Å²) in [6.45, 7) is 2.39. The number of H-pyrrole nitrogens is 1. The molecule has 2 aromatic heterocycles. The van der Waals surface area contributed by atoms with Crippen LogP contribution in [0.4, 0.5) is 0 Å². The molecule has 2 N–H and O–H groups in total. The number of fused-ring (bicyclic) bond motifs is 1. The summed E-state index contributed by atoms with van der Waals surface area (Å²) in [5.41, 5.74) is 2.21. The highest BCUT2D eigenvalue weighted by atomic mass is 16.5. The Kier molecular flexibility index (Phi) is 2.16. The monoisotopic (exact) mass is 203 g/mol. The van der Waals surface area contributed by atoms with Crippen LogP contribution < -0.4 is 5.32 Å². The van der Waals surface area contributed by atoms with Crippen molar-refractivity contribution in [1.82, 2.24) is 15.3 Å². The molecule has 1 aliphatic heterocycles. The molecule has 15 heavy (non-hydrogen) atoms. The lowest BCUT2D eigenvalue weighted by atomic mass is 10.1. The molecule has 1 saturated heterocycles. The summed E-state index contributed by atoms with van der Waals surface area (Å²) in [7, 11) is 0. The maximum absolute atomic E-state index is 5.45. The van der Waals surface area contributed by atoms with Gasteiger partial charge in [0.2, 0.25) is 0 Å². The molecule has 0 spiro atoms. The van der Waals surface area contributed by atoms with Crippen LogP contribution >= 0.6 is 0 Å². The minimum Gasteiger partial charge on any atom is -0.378 e. The molecule has 3 heterocycles. The van der Waals surface area contributed by atoms with E-state index in [-0.39, 0.29) is 6.04 Å². The van der Waals surface area contributed by atoms with E-state index in [1.165, 1.54) is 5.39 Å². The predicted molar refractivity (Wildman–Crippen MR) is 57.7 cm³/mol. The minimum atomic E-state index is 0.221. The normalized spacial score (nSPS) is 22.0. The zero-order valence-corrected chi connectivity index (χ0v) is 8.36. The average Bonchev–Trinajstić information content (AvgIpc) is 2.78. The van der Waals surface area contributed by atoms with Gasteiger partial charge < -0.3 is 15.0 Å². The molecule has 2 aromatic rings. The molecule has 4 nitrogen and oxygen atoms in total. The van der Waals surface area contributed by atoms with Crippen LogP contribution in [-0.4, -0.2) is 29.7 Å². The van der Waals surface area contributed by atoms with Crippen LogP contribution in [0.2, 0.25) is 0 Å². The van der Waals surface area contributed by atoms with Crippen molar-refractivity contribution < 1.29 is 4.74 Å². The Morgan fingerprint density at radius 3 is 3.27 bits per heavy atom. The number of morpholine rings is 1. The number of rotatable bonds is 1. The quantitative estimate of drug-likeness (QED) is 0.732. The number of hydrogen-bond donors (Lipinski definition) is 2. The van der Waals surface area contributed by atoms with Crippen LogP contribution in [0.3, 0.4) is 0 Å². The van der Waals surface area contributed by atoms with Crippen molar-refractivity contribution in [2.24, 2.45) is 0 Å². The Hall–Kier alpha value is -1.39. The van der Waals surface area contributed by atoms with E-state index in [1.807, 2.05) is 18.5 Å². The van der Waals surface area contributed by atoms with E-state index in [0.717, 1.165) is 24.4 Å². The van der Waals surface area contributed by atoms with Crippen LogP contribution in [0.15, 0.2) is 24.5 Å². The zero-order chi connectivity index (χ0) is 10.1. The van der Waals surface area contributed by atoms with E-state index >= 15 is 0 Å². The van der Waals surface area contributed by atoms with Gasteiger partial charge in [-0.1, -0.05) is 0 Å². The zero-order valence-electron chi connectivity index (χ0n) is 8.36. The number of hydrogen-bond acceptors (Lipinski definition) is 3. The largest absolute Gasteiger partial charge is 0.378 e. The molecule has 1 atom stereocenters. The molecule has 1 aliphatic rings. The van der Waals surface area contributed by atoms with E-state index in [9.17, 15) is 0 Å². The molecule has 0 amide bonds. The van der Waals surface area contributed by atoms with Gasteiger partial charge in [-0.15, -0.1) is 0 Å². The molecule has 3 rings (SSSR count). The van der Waals surface area contributed by atoms with Crippen LogP contribution in [0, 0.1) is 0 Å². The summed E-state index contributed by atoms with van der Waals surface area (Å²) in [6.07, 6.45) is 3.78. The first-order valence-corrected chi connectivity index (χ1v) is 5.18. The van der Waals surface area contributed by atoms with E-state index in [1.54, 1.807) is 0 Å². The maximum Gasteiger partial charge on any atom is 0.0740 e. The Balaban J connectivity index is 2.05. The maximum atomic E-state index is 5.45. The molecule has 1 fully saturated rings. The molecular formula is C11H13N3O. The highest BCUT2D eigenvalue weighted by Gasteiger charge is 2.18. The van der Waals surface area contributed by atoms with Crippen LogP contribution in [0.5, 0.6) is 0 Å². The van der Waals surface area contributed by atoms with Crippen molar-refractivity contribution in [3.8, 4) is 0 Å². The van der Waals surface area contributed by atoms with E-state index in [4.69, 9.17) is 4.74 Å². The summed E-state index contributed by atoms with van der Waals surface area (Å²) in [5.74, 6) is 0. The molecule has 0 bridgehead atoms. The topological polar surface area (TPSA) is 49.9 Å². The van der Waals surface area contributed by atoms with Crippen molar-refractivity contribution in [2.45, 2.75) is 6.04 Å². The number of aromatic nitrogens is 2. The van der Waals surface area contributed by atoms with E-state index in [2.05, 4.69) is 21.4 Å². The first-order valence-electron chi connectivity index (χ1n) is 5.18. The van der Waals surface area contributed by atoms with Gasteiger partial charge in [-0.2, -0.15) is 0 Å². The fraction of sp³-hybridized carbons (Fsp3) is 0.364. The van der Waals surface area contributed by atoms with Gasteiger partial charge in [0, 0.05) is 29.8 Å². The second kappa shape index (κ2) is 3.64. The lowest BCUT2D eigenvalue weighted by molar-refractivity contribution is 0.0761. The van der Waals surface area contributed by atoms with Gasteiger partial charge in [-0.05, 0) is 12.1 Å². The Bertz CT molecular complexity index is 460. The molecule has 4 heteroatoms. The van der Waals surface area contributed by atoms with Gasteiger partial charge in [0.25, 0.3) is 0 Å². The highest BCUT2D eigenvalue weighted by molar-refractivity contribution is 5.81. The fourth-order valence-corrected chi connectivity index (χ4v) is 2.02. The van der Waals surface area contributed by atoms with Crippen LogP contribution in [0.25, 0.3) is 10.9 Å². The molecule has 0 radical (unpaired) electrons. The SMILES string of the molecule is c1cc2[nH]ccc2c([C@H]2COCCN2)n1.